The van der Waals surface area contributed by atoms with Gasteiger partial charge in [-0.05, 0) is 41.9 Å². The zero-order valence-electron chi connectivity index (χ0n) is 14.8. The maximum Gasteiger partial charge on any atom is 0.184 e. The van der Waals surface area contributed by atoms with Crippen molar-refractivity contribution >= 4 is 29.2 Å². The van der Waals surface area contributed by atoms with E-state index in [4.69, 9.17) is 18.0 Å². The average molecular weight is 368 g/mol. The van der Waals surface area contributed by atoms with Gasteiger partial charge in [-0.15, -0.1) is 0 Å². The molecule has 0 amide bonds. The van der Waals surface area contributed by atoms with E-state index in [1.165, 1.54) is 17.7 Å². The van der Waals surface area contributed by atoms with Gasteiger partial charge in [0.05, 0.1) is 6.21 Å². The lowest BCUT2D eigenvalue weighted by molar-refractivity contribution is 0.285. The summed E-state index contributed by atoms with van der Waals surface area (Å²) in [5, 5.41) is 4.16. The first-order valence-corrected chi connectivity index (χ1v) is 9.31. The number of nitrogens with two attached hydrogens (primary N) is 1. The summed E-state index contributed by atoms with van der Waals surface area (Å²) in [6, 6.07) is 19.1. The topological polar surface area (TPSA) is 56.9 Å². The minimum absolute atomic E-state index is 0.169. The summed E-state index contributed by atoms with van der Waals surface area (Å²) >= 11 is 4.72. The highest BCUT2D eigenvalue weighted by Gasteiger charge is 2.15. The maximum absolute atomic E-state index is 5.35. The van der Waals surface area contributed by atoms with Gasteiger partial charge < -0.3 is 10.6 Å². The number of hydrogen-bond acceptors (Lipinski definition) is 4. The van der Waals surface area contributed by atoms with Crippen molar-refractivity contribution in [3.63, 3.8) is 0 Å². The van der Waals surface area contributed by atoms with Crippen molar-refractivity contribution in [3.05, 3.63) is 65.7 Å². The highest BCUT2D eigenvalue weighted by atomic mass is 32.1. The van der Waals surface area contributed by atoms with Crippen molar-refractivity contribution in [2.75, 3.05) is 31.1 Å². The Bertz CT molecular complexity index is 730. The highest BCUT2D eigenvalue weighted by Crippen LogP contribution is 2.18. The summed E-state index contributed by atoms with van der Waals surface area (Å²) in [5.41, 5.74) is 11.6. The molecule has 0 atom stereocenters. The molecule has 1 fully saturated rings. The van der Waals surface area contributed by atoms with Crippen molar-refractivity contribution in [2.24, 2.45) is 10.8 Å². The van der Waals surface area contributed by atoms with Crippen LogP contribution in [0.4, 0.5) is 5.69 Å². The molecule has 1 aliphatic rings. The Kier molecular flexibility index (Phi) is 6.57. The van der Waals surface area contributed by atoms with Crippen LogP contribution in [-0.2, 0) is 6.54 Å². The predicted octanol–water partition coefficient (Wildman–Crippen LogP) is 2.57. The molecule has 1 heterocycles. The lowest BCUT2D eigenvalue weighted by Gasteiger charge is -2.24. The van der Waals surface area contributed by atoms with Crippen molar-refractivity contribution in [1.82, 2.24) is 10.3 Å². The molecule has 0 saturated carbocycles. The van der Waals surface area contributed by atoms with E-state index in [1.54, 1.807) is 6.21 Å². The molecule has 5 nitrogen and oxygen atoms in total. The van der Waals surface area contributed by atoms with Crippen LogP contribution in [0, 0.1) is 0 Å². The number of hydrogen-bond donors (Lipinski definition) is 2. The number of rotatable bonds is 5. The van der Waals surface area contributed by atoms with Crippen molar-refractivity contribution in [3.8, 4) is 0 Å². The van der Waals surface area contributed by atoms with Gasteiger partial charge in [0.1, 0.15) is 0 Å². The Morgan fingerprint density at radius 3 is 2.54 bits per heavy atom. The summed E-state index contributed by atoms with van der Waals surface area (Å²) in [6.07, 6.45) is 2.89. The molecule has 0 bridgehead atoms. The summed E-state index contributed by atoms with van der Waals surface area (Å²) in [7, 11) is 0. The molecule has 1 saturated heterocycles. The number of nitrogens with zero attached hydrogens (tertiary/aromatic N) is 3. The van der Waals surface area contributed by atoms with Crippen LogP contribution in [0.15, 0.2) is 59.7 Å². The number of hydrazone groups is 1. The first-order valence-electron chi connectivity index (χ1n) is 8.90. The van der Waals surface area contributed by atoms with Gasteiger partial charge in [0, 0.05) is 38.4 Å². The standard InChI is InChI=1S/C20H25N5S/c21-20(26)23-22-15-17-7-9-19(10-8-17)25-12-4-11-24(13-14-25)16-18-5-2-1-3-6-18/h1-3,5-10,15H,4,11-14,16H2,(H3,21,23,26)/b22-15+. The second-order valence-corrected chi connectivity index (χ2v) is 6.87. The molecular weight excluding hydrogens is 342 g/mol. The zero-order chi connectivity index (χ0) is 18.2. The minimum atomic E-state index is 0.169. The second kappa shape index (κ2) is 9.31. The third-order valence-electron chi connectivity index (χ3n) is 4.48. The van der Waals surface area contributed by atoms with Gasteiger partial charge in [-0.1, -0.05) is 42.5 Å². The first kappa shape index (κ1) is 18.4. The molecule has 0 aliphatic carbocycles. The van der Waals surface area contributed by atoms with E-state index >= 15 is 0 Å². The van der Waals surface area contributed by atoms with Crippen molar-refractivity contribution < 1.29 is 0 Å². The van der Waals surface area contributed by atoms with E-state index < -0.39 is 0 Å². The van der Waals surface area contributed by atoms with Gasteiger partial charge in [-0.3, -0.25) is 10.3 Å². The number of anilines is 1. The predicted molar refractivity (Wildman–Crippen MR) is 113 cm³/mol. The number of benzene rings is 2. The zero-order valence-corrected chi connectivity index (χ0v) is 15.7. The van der Waals surface area contributed by atoms with E-state index in [0.29, 0.717) is 0 Å². The molecular formula is C20H25N5S. The quantitative estimate of drug-likeness (QED) is 0.483. The average Bonchev–Trinajstić information content (AvgIpc) is 2.89. The fraction of sp³-hybridized carbons (Fsp3) is 0.300. The lowest BCUT2D eigenvalue weighted by Crippen LogP contribution is -2.30. The minimum Gasteiger partial charge on any atom is -0.375 e. The van der Waals surface area contributed by atoms with Crippen LogP contribution in [0.1, 0.15) is 17.5 Å². The molecule has 3 rings (SSSR count). The van der Waals surface area contributed by atoms with Gasteiger partial charge in [0.15, 0.2) is 5.11 Å². The fourth-order valence-corrected chi connectivity index (χ4v) is 3.22. The summed E-state index contributed by atoms with van der Waals surface area (Å²) in [4.78, 5) is 5.00. The Hall–Kier alpha value is -2.44. The molecule has 6 heteroatoms. The third kappa shape index (κ3) is 5.54. The fourth-order valence-electron chi connectivity index (χ4n) is 3.17. The van der Waals surface area contributed by atoms with E-state index in [1.807, 2.05) is 0 Å². The summed E-state index contributed by atoms with van der Waals surface area (Å²) in [5.74, 6) is 0. The molecule has 2 aromatic carbocycles. The summed E-state index contributed by atoms with van der Waals surface area (Å²) in [6.45, 7) is 5.38. The van der Waals surface area contributed by atoms with E-state index in [-0.39, 0.29) is 5.11 Å². The molecule has 3 N–H and O–H groups in total. The van der Waals surface area contributed by atoms with Crippen LogP contribution in [0.2, 0.25) is 0 Å². The van der Waals surface area contributed by atoms with Crippen molar-refractivity contribution in [2.45, 2.75) is 13.0 Å². The van der Waals surface area contributed by atoms with Gasteiger partial charge >= 0.3 is 0 Å². The summed E-state index contributed by atoms with van der Waals surface area (Å²) < 4.78 is 0. The molecule has 0 aromatic heterocycles. The van der Waals surface area contributed by atoms with E-state index in [2.05, 4.69) is 74.9 Å². The molecule has 0 unspecified atom stereocenters. The lowest BCUT2D eigenvalue weighted by atomic mass is 10.2. The van der Waals surface area contributed by atoms with Crippen LogP contribution in [0.5, 0.6) is 0 Å². The Morgan fingerprint density at radius 1 is 1.04 bits per heavy atom. The maximum atomic E-state index is 5.35. The highest BCUT2D eigenvalue weighted by molar-refractivity contribution is 7.80. The molecule has 2 aromatic rings. The number of thiocarbonyl (C=S) groups is 1. The second-order valence-electron chi connectivity index (χ2n) is 6.43. The first-order chi connectivity index (χ1) is 12.7. The number of nitrogens with one attached hydrogen (secondary N) is 1. The monoisotopic (exact) mass is 367 g/mol. The Balaban J connectivity index is 1.55. The molecule has 0 radical (unpaired) electrons. The molecule has 26 heavy (non-hydrogen) atoms. The largest absolute Gasteiger partial charge is 0.375 e. The van der Waals surface area contributed by atoms with Crippen LogP contribution in [0.25, 0.3) is 0 Å². The Morgan fingerprint density at radius 2 is 1.81 bits per heavy atom. The third-order valence-corrected chi connectivity index (χ3v) is 4.58. The van der Waals surface area contributed by atoms with Crippen molar-refractivity contribution in [1.29, 1.82) is 0 Å². The van der Waals surface area contributed by atoms with Crippen LogP contribution >= 0.6 is 12.2 Å². The normalized spacial score (nSPS) is 15.8. The van der Waals surface area contributed by atoms with Gasteiger partial charge in [-0.25, -0.2) is 0 Å². The van der Waals surface area contributed by atoms with Crippen LogP contribution < -0.4 is 16.1 Å². The molecule has 136 valence electrons. The SMILES string of the molecule is NC(=S)N/N=C/c1ccc(N2CCCN(Cc3ccccc3)CC2)cc1. The molecule has 1 aliphatic heterocycles. The van der Waals surface area contributed by atoms with Crippen LogP contribution in [0.3, 0.4) is 0 Å². The molecule has 0 spiro atoms. The Labute approximate surface area is 160 Å². The van der Waals surface area contributed by atoms with E-state index in [0.717, 1.165) is 38.3 Å². The van der Waals surface area contributed by atoms with Crippen LogP contribution in [-0.4, -0.2) is 42.4 Å². The van der Waals surface area contributed by atoms with E-state index in [9.17, 15) is 0 Å². The van der Waals surface area contributed by atoms with Gasteiger partial charge in [0.2, 0.25) is 0 Å². The smallest absolute Gasteiger partial charge is 0.184 e. The van der Waals surface area contributed by atoms with Gasteiger partial charge in [0.25, 0.3) is 0 Å². The van der Waals surface area contributed by atoms with Gasteiger partial charge in [-0.2, -0.15) is 5.10 Å².